The fourth-order valence-electron chi connectivity index (χ4n) is 2.04. The number of phenols is 1. The maximum absolute atomic E-state index is 13.8. The Hall–Kier alpha value is -2.63. The van der Waals surface area contributed by atoms with Crippen molar-refractivity contribution in [3.63, 3.8) is 0 Å². The number of non-ortho nitro benzene ring substituents is 1. The molecule has 0 aliphatic carbocycles. The predicted octanol–water partition coefficient (Wildman–Crippen LogP) is 3.48. The van der Waals surface area contributed by atoms with Crippen molar-refractivity contribution in [3.8, 4) is 5.75 Å². The van der Waals surface area contributed by atoms with Gasteiger partial charge >= 0.3 is 0 Å². The van der Waals surface area contributed by atoms with Gasteiger partial charge in [0.1, 0.15) is 5.75 Å². The topological polar surface area (TPSA) is 75.4 Å². The fraction of sp³-hybridized carbons (Fsp3) is 0.200. The van der Waals surface area contributed by atoms with Crippen molar-refractivity contribution in [1.82, 2.24) is 0 Å². The number of nitro benzene ring substituents is 1. The lowest BCUT2D eigenvalue weighted by Crippen LogP contribution is -2.18. The molecule has 0 aliphatic rings. The molecule has 2 N–H and O–H groups in total. The number of nitrogens with zero attached hydrogens (tertiary/aromatic N) is 1. The first kappa shape index (κ1) is 14.8. The normalized spacial score (nSPS) is 11.9. The van der Waals surface area contributed by atoms with Crippen molar-refractivity contribution in [1.29, 1.82) is 0 Å². The van der Waals surface area contributed by atoms with Crippen molar-refractivity contribution in [2.75, 3.05) is 5.32 Å². The van der Waals surface area contributed by atoms with Gasteiger partial charge in [-0.2, -0.15) is 0 Å². The maximum Gasteiger partial charge on any atom is 0.272 e. The molecule has 1 unspecified atom stereocenters. The Morgan fingerprint density at radius 1 is 1.29 bits per heavy atom. The van der Waals surface area contributed by atoms with E-state index < -0.39 is 10.7 Å². The van der Waals surface area contributed by atoms with Crippen LogP contribution in [0.4, 0.5) is 15.8 Å². The van der Waals surface area contributed by atoms with Crippen LogP contribution in [0.1, 0.15) is 12.5 Å². The minimum absolute atomic E-state index is 0.0644. The summed E-state index contributed by atoms with van der Waals surface area (Å²) < 4.78 is 13.8. The van der Waals surface area contributed by atoms with Crippen LogP contribution in [0.5, 0.6) is 5.75 Å². The SMILES string of the molecule is CC(Cc1ccc(O)cc1)Nc1ccc([N+](=O)[O-])cc1F. The Labute approximate surface area is 121 Å². The molecule has 0 fully saturated rings. The van der Waals surface area contributed by atoms with Crippen molar-refractivity contribution < 1.29 is 14.4 Å². The quantitative estimate of drug-likeness (QED) is 0.653. The van der Waals surface area contributed by atoms with E-state index in [4.69, 9.17) is 0 Å². The highest BCUT2D eigenvalue weighted by atomic mass is 19.1. The van der Waals surface area contributed by atoms with Gasteiger partial charge in [-0.3, -0.25) is 10.1 Å². The second-order valence-corrected chi connectivity index (χ2v) is 4.84. The zero-order valence-electron chi connectivity index (χ0n) is 11.4. The van der Waals surface area contributed by atoms with Crippen molar-refractivity contribution >= 4 is 11.4 Å². The van der Waals surface area contributed by atoms with Gasteiger partial charge in [-0.25, -0.2) is 4.39 Å². The van der Waals surface area contributed by atoms with E-state index in [0.717, 1.165) is 11.6 Å². The minimum atomic E-state index is -0.651. The lowest BCUT2D eigenvalue weighted by atomic mass is 10.1. The van der Waals surface area contributed by atoms with Crippen LogP contribution in [-0.4, -0.2) is 16.1 Å². The summed E-state index contributed by atoms with van der Waals surface area (Å²) in [6.07, 6.45) is 0.636. The van der Waals surface area contributed by atoms with Crippen LogP contribution in [0.25, 0.3) is 0 Å². The number of nitrogens with one attached hydrogen (secondary N) is 1. The first-order valence-electron chi connectivity index (χ1n) is 6.44. The number of anilines is 1. The molecular formula is C15H15FN2O3. The maximum atomic E-state index is 13.8. The molecule has 0 bridgehead atoms. The average molecular weight is 290 g/mol. The molecule has 1 atom stereocenters. The third-order valence-electron chi connectivity index (χ3n) is 3.04. The van der Waals surface area contributed by atoms with E-state index in [9.17, 15) is 19.6 Å². The molecule has 2 aromatic carbocycles. The monoisotopic (exact) mass is 290 g/mol. The van der Waals surface area contributed by atoms with E-state index in [1.54, 1.807) is 24.3 Å². The van der Waals surface area contributed by atoms with Gasteiger partial charge < -0.3 is 10.4 Å². The Balaban J connectivity index is 2.04. The molecular weight excluding hydrogens is 275 g/mol. The minimum Gasteiger partial charge on any atom is -0.508 e. The molecule has 21 heavy (non-hydrogen) atoms. The van der Waals surface area contributed by atoms with Gasteiger partial charge in [-0.1, -0.05) is 12.1 Å². The summed E-state index contributed by atoms with van der Waals surface area (Å²) in [7, 11) is 0. The number of halogens is 1. The first-order chi connectivity index (χ1) is 9.95. The van der Waals surface area contributed by atoms with E-state index in [-0.39, 0.29) is 23.2 Å². The molecule has 0 aliphatic heterocycles. The highest BCUT2D eigenvalue weighted by Crippen LogP contribution is 2.22. The van der Waals surface area contributed by atoms with Gasteiger partial charge in [0.15, 0.2) is 5.82 Å². The van der Waals surface area contributed by atoms with Gasteiger partial charge in [-0.05, 0) is 37.1 Å². The van der Waals surface area contributed by atoms with E-state index in [1.165, 1.54) is 12.1 Å². The van der Waals surface area contributed by atoms with E-state index in [2.05, 4.69) is 5.32 Å². The van der Waals surface area contributed by atoms with Gasteiger partial charge in [0, 0.05) is 12.1 Å². The zero-order valence-corrected chi connectivity index (χ0v) is 11.4. The zero-order chi connectivity index (χ0) is 15.4. The molecule has 0 saturated heterocycles. The second-order valence-electron chi connectivity index (χ2n) is 4.84. The van der Waals surface area contributed by atoms with Gasteiger partial charge in [-0.15, -0.1) is 0 Å². The summed E-state index contributed by atoms with van der Waals surface area (Å²) in [5.41, 5.74) is 0.950. The van der Waals surface area contributed by atoms with Crippen LogP contribution in [0.15, 0.2) is 42.5 Å². The van der Waals surface area contributed by atoms with E-state index >= 15 is 0 Å². The van der Waals surface area contributed by atoms with Crippen molar-refractivity contribution in [2.24, 2.45) is 0 Å². The first-order valence-corrected chi connectivity index (χ1v) is 6.44. The van der Waals surface area contributed by atoms with Gasteiger partial charge in [0.25, 0.3) is 5.69 Å². The van der Waals surface area contributed by atoms with Crippen molar-refractivity contribution in [3.05, 3.63) is 64.0 Å². The number of benzene rings is 2. The molecule has 6 heteroatoms. The van der Waals surface area contributed by atoms with Crippen LogP contribution < -0.4 is 5.32 Å². The molecule has 0 heterocycles. The van der Waals surface area contributed by atoms with Crippen LogP contribution >= 0.6 is 0 Å². The van der Waals surface area contributed by atoms with Crippen LogP contribution in [-0.2, 0) is 6.42 Å². The molecule has 2 rings (SSSR count). The second kappa shape index (κ2) is 6.21. The largest absolute Gasteiger partial charge is 0.508 e. The highest BCUT2D eigenvalue weighted by Gasteiger charge is 2.12. The summed E-state index contributed by atoms with van der Waals surface area (Å²) >= 11 is 0. The van der Waals surface area contributed by atoms with E-state index in [0.29, 0.717) is 6.42 Å². The fourth-order valence-corrected chi connectivity index (χ4v) is 2.04. The molecule has 0 aromatic heterocycles. The smallest absolute Gasteiger partial charge is 0.272 e. The predicted molar refractivity (Wildman–Crippen MR) is 77.9 cm³/mol. The summed E-state index contributed by atoms with van der Waals surface area (Å²) in [6, 6.07) is 10.2. The Kier molecular flexibility index (Phi) is 4.37. The lowest BCUT2D eigenvalue weighted by Gasteiger charge is -2.16. The van der Waals surface area contributed by atoms with E-state index in [1.807, 2.05) is 6.92 Å². The number of aromatic hydroxyl groups is 1. The number of rotatable bonds is 5. The third-order valence-corrected chi connectivity index (χ3v) is 3.04. The molecule has 110 valence electrons. The molecule has 0 spiro atoms. The van der Waals surface area contributed by atoms with Gasteiger partial charge in [0.2, 0.25) is 0 Å². The lowest BCUT2D eigenvalue weighted by molar-refractivity contribution is -0.385. The molecule has 2 aromatic rings. The number of hydrogen-bond donors (Lipinski definition) is 2. The van der Waals surface area contributed by atoms with Crippen molar-refractivity contribution in [2.45, 2.75) is 19.4 Å². The standard InChI is InChI=1S/C15H15FN2O3/c1-10(8-11-2-5-13(19)6-3-11)17-15-7-4-12(18(20)21)9-14(15)16/h2-7,9-10,17,19H,8H2,1H3. The summed E-state index contributed by atoms with van der Waals surface area (Å²) in [6.45, 7) is 1.88. The van der Waals surface area contributed by atoms with Gasteiger partial charge in [0.05, 0.1) is 16.7 Å². The number of phenolic OH excluding ortho intramolecular Hbond substituents is 1. The summed E-state index contributed by atoms with van der Waals surface area (Å²) in [4.78, 5) is 9.92. The molecule has 0 saturated carbocycles. The molecule has 5 nitrogen and oxygen atoms in total. The Bertz CT molecular complexity index is 644. The highest BCUT2D eigenvalue weighted by molar-refractivity contribution is 5.50. The number of hydrogen-bond acceptors (Lipinski definition) is 4. The van der Waals surface area contributed by atoms with Crippen LogP contribution in [0, 0.1) is 15.9 Å². The van der Waals surface area contributed by atoms with Crippen LogP contribution in [0.3, 0.4) is 0 Å². The Morgan fingerprint density at radius 2 is 1.95 bits per heavy atom. The molecule has 0 radical (unpaired) electrons. The summed E-state index contributed by atoms with van der Waals surface area (Å²) in [5.74, 6) is -0.456. The van der Waals surface area contributed by atoms with Crippen LogP contribution in [0.2, 0.25) is 0 Å². The Morgan fingerprint density at radius 3 is 2.52 bits per heavy atom. The summed E-state index contributed by atoms with van der Waals surface area (Å²) in [5, 5.41) is 22.7. The number of nitro groups is 1. The third kappa shape index (κ3) is 3.92. The molecule has 0 amide bonds. The average Bonchev–Trinajstić information content (AvgIpc) is 2.43.